The zero-order valence-electron chi connectivity index (χ0n) is 27.8. The number of ether oxygens (including phenoxy) is 1. The van der Waals surface area contributed by atoms with Gasteiger partial charge in [0.25, 0.3) is 0 Å². The Morgan fingerprint density at radius 2 is 1.62 bits per heavy atom. The van der Waals surface area contributed by atoms with Crippen LogP contribution in [0.15, 0.2) is 30.3 Å². The first-order valence-electron chi connectivity index (χ1n) is 17.1. The van der Waals surface area contributed by atoms with E-state index in [1.807, 2.05) is 30.3 Å². The first kappa shape index (κ1) is 34.9. The molecule has 4 atom stereocenters. The Morgan fingerprint density at radius 3 is 2.31 bits per heavy atom. The van der Waals surface area contributed by atoms with Crippen molar-refractivity contribution >= 4 is 32.1 Å². The fourth-order valence-corrected chi connectivity index (χ4v) is 12.3. The standard InChI is InChI=1S/C34H54N4O6Si/c1-5-44-45(26(2)27(45)3)24-14-20-35-31(39)19-10-7-11-21-36(4)32(40)29-17-12-22-37(29)33(41)30-18-13-23-38(30)34(42)43-25-28-15-8-6-9-16-28/h6,8-9,15-16,26-27,29-30H,5,7,10-14,17-25H2,1-4H3,(H,35,39). The molecule has 4 amide bonds. The lowest BCUT2D eigenvalue weighted by Crippen LogP contribution is -2.53. The highest BCUT2D eigenvalue weighted by Crippen LogP contribution is 2.61. The summed E-state index contributed by atoms with van der Waals surface area (Å²) < 4.78 is 11.7. The second kappa shape index (κ2) is 16.6. The monoisotopic (exact) mass is 642 g/mol. The average Bonchev–Trinajstić information content (AvgIpc) is 3.53. The number of hydrogen-bond acceptors (Lipinski definition) is 6. The molecule has 4 unspecified atom stereocenters. The number of benzene rings is 1. The fourth-order valence-electron chi connectivity index (χ4n) is 7.26. The molecule has 3 fully saturated rings. The second-order valence-electron chi connectivity index (χ2n) is 13.1. The third-order valence-corrected chi connectivity index (χ3v) is 15.9. The largest absolute Gasteiger partial charge is 0.445 e. The Labute approximate surface area is 270 Å². The van der Waals surface area contributed by atoms with Crippen LogP contribution < -0.4 is 5.32 Å². The zero-order valence-corrected chi connectivity index (χ0v) is 28.8. The molecule has 0 radical (unpaired) electrons. The van der Waals surface area contributed by atoms with Gasteiger partial charge < -0.3 is 24.3 Å². The van der Waals surface area contributed by atoms with Gasteiger partial charge in [0.1, 0.15) is 18.7 Å². The van der Waals surface area contributed by atoms with Gasteiger partial charge in [0.05, 0.1) is 0 Å². The van der Waals surface area contributed by atoms with Crippen molar-refractivity contribution in [1.82, 2.24) is 20.0 Å². The van der Waals surface area contributed by atoms with Crippen LogP contribution >= 0.6 is 0 Å². The zero-order chi connectivity index (χ0) is 32.4. The van der Waals surface area contributed by atoms with Crippen LogP contribution in [0, 0.1) is 0 Å². The van der Waals surface area contributed by atoms with Crippen molar-refractivity contribution in [3.05, 3.63) is 35.9 Å². The highest BCUT2D eigenvalue weighted by Gasteiger charge is 2.62. The Morgan fingerprint density at radius 1 is 0.933 bits per heavy atom. The van der Waals surface area contributed by atoms with Crippen molar-refractivity contribution in [2.24, 2.45) is 0 Å². The molecule has 0 spiro atoms. The van der Waals surface area contributed by atoms with E-state index in [4.69, 9.17) is 9.16 Å². The van der Waals surface area contributed by atoms with E-state index in [9.17, 15) is 19.2 Å². The molecular weight excluding hydrogens is 588 g/mol. The van der Waals surface area contributed by atoms with E-state index >= 15 is 0 Å². The number of amides is 4. The summed E-state index contributed by atoms with van der Waals surface area (Å²) in [6.07, 6.45) is 6.15. The summed E-state index contributed by atoms with van der Waals surface area (Å²) in [5.74, 6) is -0.119. The van der Waals surface area contributed by atoms with Crippen molar-refractivity contribution in [3.8, 4) is 0 Å². The van der Waals surface area contributed by atoms with E-state index in [0.29, 0.717) is 56.5 Å². The van der Waals surface area contributed by atoms with Gasteiger partial charge in [-0.1, -0.05) is 50.6 Å². The smallest absolute Gasteiger partial charge is 0.410 e. The van der Waals surface area contributed by atoms with Crippen LogP contribution in [-0.4, -0.2) is 98.7 Å². The van der Waals surface area contributed by atoms with E-state index in [-0.39, 0.29) is 24.3 Å². The number of rotatable bonds is 16. The van der Waals surface area contributed by atoms with Gasteiger partial charge in [0.15, 0.2) is 8.32 Å². The molecule has 250 valence electrons. The lowest BCUT2D eigenvalue weighted by molar-refractivity contribution is -0.145. The molecule has 3 aliphatic rings. The van der Waals surface area contributed by atoms with Crippen molar-refractivity contribution in [1.29, 1.82) is 0 Å². The number of likely N-dealkylation sites (tertiary alicyclic amines) is 2. The molecule has 1 N–H and O–H groups in total. The van der Waals surface area contributed by atoms with Gasteiger partial charge in [-0.3, -0.25) is 19.3 Å². The van der Waals surface area contributed by atoms with Crippen molar-refractivity contribution in [2.75, 3.05) is 39.8 Å². The van der Waals surface area contributed by atoms with Crippen LogP contribution in [-0.2, 0) is 30.2 Å². The summed E-state index contributed by atoms with van der Waals surface area (Å²) in [6, 6.07) is 9.51. The van der Waals surface area contributed by atoms with Gasteiger partial charge in [-0.15, -0.1) is 0 Å². The molecule has 3 heterocycles. The summed E-state index contributed by atoms with van der Waals surface area (Å²) in [7, 11) is 0.227. The number of nitrogens with one attached hydrogen (secondary N) is 1. The van der Waals surface area contributed by atoms with Gasteiger partial charge in [-0.2, -0.15) is 0 Å². The van der Waals surface area contributed by atoms with Crippen molar-refractivity contribution in [3.63, 3.8) is 0 Å². The first-order valence-corrected chi connectivity index (χ1v) is 19.4. The number of hydrogen-bond donors (Lipinski definition) is 1. The third kappa shape index (κ3) is 8.87. The Hall–Kier alpha value is -2.92. The maximum absolute atomic E-state index is 13.6. The third-order valence-electron chi connectivity index (χ3n) is 10.2. The van der Waals surface area contributed by atoms with E-state index < -0.39 is 26.5 Å². The minimum absolute atomic E-state index is 0.0533. The number of carbonyl (C=O) groups is 4. The lowest BCUT2D eigenvalue weighted by Gasteiger charge is -2.32. The Bertz CT molecular complexity index is 1140. The summed E-state index contributed by atoms with van der Waals surface area (Å²) in [4.78, 5) is 57.1. The minimum Gasteiger partial charge on any atom is -0.445 e. The summed E-state index contributed by atoms with van der Waals surface area (Å²) in [5.41, 5.74) is 2.33. The average molecular weight is 643 g/mol. The van der Waals surface area contributed by atoms with E-state index in [2.05, 4.69) is 26.1 Å². The second-order valence-corrected chi connectivity index (χ2v) is 17.6. The molecule has 1 aromatic rings. The summed E-state index contributed by atoms with van der Waals surface area (Å²) in [6.45, 7) is 9.92. The molecule has 0 saturated carbocycles. The predicted molar refractivity (Wildman–Crippen MR) is 176 cm³/mol. The van der Waals surface area contributed by atoms with Crippen LogP contribution in [0.2, 0.25) is 17.1 Å². The first-order chi connectivity index (χ1) is 21.7. The molecule has 45 heavy (non-hydrogen) atoms. The molecule has 1 aromatic carbocycles. The van der Waals surface area contributed by atoms with Gasteiger partial charge in [0.2, 0.25) is 17.7 Å². The normalized spacial score (nSPS) is 25.7. The van der Waals surface area contributed by atoms with Crippen LogP contribution in [0.3, 0.4) is 0 Å². The highest BCUT2D eigenvalue weighted by atomic mass is 28.4. The molecule has 11 heteroatoms. The quantitative estimate of drug-likeness (QED) is 0.199. The van der Waals surface area contributed by atoms with E-state index in [1.165, 1.54) is 4.90 Å². The predicted octanol–water partition coefficient (Wildman–Crippen LogP) is 5.08. The minimum atomic E-state index is -1.56. The molecule has 0 aliphatic carbocycles. The fraction of sp³-hybridized carbons (Fsp3) is 0.706. The summed E-state index contributed by atoms with van der Waals surface area (Å²) >= 11 is 0. The van der Waals surface area contributed by atoms with Gasteiger partial charge >= 0.3 is 6.09 Å². The van der Waals surface area contributed by atoms with E-state index in [1.54, 1.807) is 16.8 Å². The lowest BCUT2D eigenvalue weighted by atomic mass is 10.1. The molecule has 10 nitrogen and oxygen atoms in total. The number of carbonyl (C=O) groups excluding carboxylic acids is 4. The van der Waals surface area contributed by atoms with Gasteiger partial charge in [-0.25, -0.2) is 4.79 Å². The van der Waals surface area contributed by atoms with Crippen molar-refractivity contribution in [2.45, 2.75) is 114 Å². The van der Waals surface area contributed by atoms with Gasteiger partial charge in [0, 0.05) is 46.3 Å². The van der Waals surface area contributed by atoms with E-state index in [0.717, 1.165) is 56.7 Å². The molecule has 0 aromatic heterocycles. The maximum Gasteiger partial charge on any atom is 0.410 e. The maximum atomic E-state index is 13.6. The molecular formula is C34H54N4O6Si. The van der Waals surface area contributed by atoms with Crippen LogP contribution in [0.4, 0.5) is 4.79 Å². The van der Waals surface area contributed by atoms with Crippen molar-refractivity contribution < 1.29 is 28.3 Å². The topological polar surface area (TPSA) is 108 Å². The molecule has 3 aliphatic heterocycles. The van der Waals surface area contributed by atoms with Crippen LogP contribution in [0.1, 0.15) is 84.1 Å². The summed E-state index contributed by atoms with van der Waals surface area (Å²) in [5, 5.41) is 3.07. The number of unbranched alkanes of at least 4 members (excludes halogenated alkanes) is 2. The Kier molecular flexibility index (Phi) is 12.9. The number of nitrogens with zero attached hydrogens (tertiary/aromatic N) is 3. The number of likely N-dealkylation sites (N-methyl/N-ethyl adjacent to an activating group) is 1. The van der Waals surface area contributed by atoms with Crippen LogP contribution in [0.5, 0.6) is 0 Å². The Balaban J connectivity index is 1.13. The molecule has 3 saturated heterocycles. The molecule has 4 rings (SSSR count). The highest BCUT2D eigenvalue weighted by molar-refractivity contribution is 6.87. The van der Waals surface area contributed by atoms with Gasteiger partial charge in [-0.05, 0) is 74.6 Å². The van der Waals surface area contributed by atoms with Crippen LogP contribution in [0.25, 0.3) is 0 Å². The molecule has 0 bridgehead atoms. The SMILES string of the molecule is CCO[Si]1(CCCNC(=O)CCCCCN(C)C(=O)C2CCCN2C(=O)C2CCCN2C(=O)OCc2ccccc2)C(C)C1C.